The summed E-state index contributed by atoms with van der Waals surface area (Å²) in [6, 6.07) is 15.3. The molecule has 0 atom stereocenters. The third-order valence-corrected chi connectivity index (χ3v) is 4.06. The van der Waals surface area contributed by atoms with Crippen molar-refractivity contribution < 1.29 is 0 Å². The van der Waals surface area contributed by atoms with Crippen molar-refractivity contribution in [1.82, 2.24) is 0 Å². The molecule has 2 heteroatoms. The standard InChI is InChI=1S/C17H18ClN/c1-13-4-9-17-15(11-13)3-2-10-19(17)16-7-5-14(12-18)6-8-16/h4-9,11H,2-3,10,12H2,1H3. The predicted molar refractivity (Wildman–Crippen MR) is 82.5 cm³/mol. The molecule has 3 rings (SSSR count). The van der Waals surface area contributed by atoms with Crippen LogP contribution < -0.4 is 4.90 Å². The molecule has 0 saturated heterocycles. The second kappa shape index (κ2) is 5.26. The quantitative estimate of drug-likeness (QED) is 0.708. The lowest BCUT2D eigenvalue weighted by Gasteiger charge is -2.31. The van der Waals surface area contributed by atoms with E-state index in [1.807, 2.05) is 0 Å². The highest BCUT2D eigenvalue weighted by atomic mass is 35.5. The number of anilines is 2. The summed E-state index contributed by atoms with van der Waals surface area (Å²) in [5, 5.41) is 0. The Hall–Kier alpha value is -1.47. The van der Waals surface area contributed by atoms with E-state index in [9.17, 15) is 0 Å². The van der Waals surface area contributed by atoms with Crippen molar-refractivity contribution in [3.8, 4) is 0 Å². The molecule has 1 aliphatic rings. The summed E-state index contributed by atoms with van der Waals surface area (Å²) >= 11 is 5.85. The zero-order valence-corrected chi connectivity index (χ0v) is 12.0. The summed E-state index contributed by atoms with van der Waals surface area (Å²) in [7, 11) is 0. The molecule has 2 aromatic rings. The van der Waals surface area contributed by atoms with Gasteiger partial charge in [0.1, 0.15) is 0 Å². The molecule has 1 heterocycles. The summed E-state index contributed by atoms with van der Waals surface area (Å²) < 4.78 is 0. The molecule has 0 unspecified atom stereocenters. The number of fused-ring (bicyclic) bond motifs is 1. The number of rotatable bonds is 2. The van der Waals surface area contributed by atoms with E-state index >= 15 is 0 Å². The molecular weight excluding hydrogens is 254 g/mol. The SMILES string of the molecule is Cc1ccc2c(c1)CCCN2c1ccc(CCl)cc1. The fourth-order valence-corrected chi connectivity index (χ4v) is 2.94. The molecule has 1 nitrogen and oxygen atoms in total. The van der Waals surface area contributed by atoms with Crippen molar-refractivity contribution in [2.45, 2.75) is 25.6 Å². The fourth-order valence-electron chi connectivity index (χ4n) is 2.76. The Balaban J connectivity index is 1.98. The molecule has 0 N–H and O–H groups in total. The van der Waals surface area contributed by atoms with Gasteiger partial charge in [0.2, 0.25) is 0 Å². The van der Waals surface area contributed by atoms with Gasteiger partial charge < -0.3 is 4.90 Å². The molecule has 0 fully saturated rings. The first-order valence-electron chi connectivity index (χ1n) is 6.80. The highest BCUT2D eigenvalue weighted by molar-refractivity contribution is 6.17. The smallest absolute Gasteiger partial charge is 0.0474 e. The first-order valence-corrected chi connectivity index (χ1v) is 7.33. The van der Waals surface area contributed by atoms with E-state index in [4.69, 9.17) is 11.6 Å². The van der Waals surface area contributed by atoms with Gasteiger partial charge in [-0.15, -0.1) is 11.6 Å². The molecule has 0 amide bonds. The maximum Gasteiger partial charge on any atom is 0.0474 e. The van der Waals surface area contributed by atoms with Crippen molar-refractivity contribution in [2.75, 3.05) is 11.4 Å². The van der Waals surface area contributed by atoms with Crippen LogP contribution in [0, 0.1) is 6.92 Å². The minimum Gasteiger partial charge on any atom is -0.341 e. The van der Waals surface area contributed by atoms with Gasteiger partial charge in [-0.25, -0.2) is 0 Å². The van der Waals surface area contributed by atoms with Crippen LogP contribution in [0.3, 0.4) is 0 Å². The molecule has 98 valence electrons. The Morgan fingerprint density at radius 1 is 1.11 bits per heavy atom. The van der Waals surface area contributed by atoms with Crippen LogP contribution in [0.4, 0.5) is 11.4 Å². The van der Waals surface area contributed by atoms with E-state index in [1.54, 1.807) is 0 Å². The highest BCUT2D eigenvalue weighted by Crippen LogP contribution is 2.34. The minimum atomic E-state index is 0.579. The van der Waals surface area contributed by atoms with Gasteiger partial charge in [-0.3, -0.25) is 0 Å². The molecular formula is C17H18ClN. The van der Waals surface area contributed by atoms with Gasteiger partial charge in [-0.1, -0.05) is 29.8 Å². The summed E-state index contributed by atoms with van der Waals surface area (Å²) in [4.78, 5) is 2.41. The van der Waals surface area contributed by atoms with Gasteiger partial charge in [-0.2, -0.15) is 0 Å². The lowest BCUT2D eigenvalue weighted by Crippen LogP contribution is -2.24. The number of hydrogen-bond donors (Lipinski definition) is 0. The van der Waals surface area contributed by atoms with Crippen LogP contribution in [0.2, 0.25) is 0 Å². The van der Waals surface area contributed by atoms with Crippen LogP contribution in [0.15, 0.2) is 42.5 Å². The van der Waals surface area contributed by atoms with Crippen molar-refractivity contribution in [3.63, 3.8) is 0 Å². The van der Waals surface area contributed by atoms with Gasteiger partial charge >= 0.3 is 0 Å². The topological polar surface area (TPSA) is 3.24 Å². The molecule has 0 radical (unpaired) electrons. The van der Waals surface area contributed by atoms with Crippen molar-refractivity contribution in [1.29, 1.82) is 0 Å². The minimum absolute atomic E-state index is 0.579. The molecule has 19 heavy (non-hydrogen) atoms. The molecule has 1 aliphatic heterocycles. The number of halogens is 1. The molecule has 0 aromatic heterocycles. The van der Waals surface area contributed by atoms with Gasteiger partial charge in [0.25, 0.3) is 0 Å². The first-order chi connectivity index (χ1) is 9.28. The summed E-state index contributed by atoms with van der Waals surface area (Å²) in [5.41, 5.74) is 6.60. The number of nitrogens with zero attached hydrogens (tertiary/aromatic N) is 1. The second-order valence-corrected chi connectivity index (χ2v) is 5.45. The van der Waals surface area contributed by atoms with Crippen LogP contribution in [-0.4, -0.2) is 6.54 Å². The van der Waals surface area contributed by atoms with E-state index in [2.05, 4.69) is 54.3 Å². The van der Waals surface area contributed by atoms with E-state index < -0.39 is 0 Å². The average Bonchev–Trinajstić information content (AvgIpc) is 2.46. The first kappa shape index (κ1) is 12.6. The highest BCUT2D eigenvalue weighted by Gasteiger charge is 2.17. The third kappa shape index (κ3) is 2.48. The largest absolute Gasteiger partial charge is 0.341 e. The molecule has 0 spiro atoms. The number of hydrogen-bond acceptors (Lipinski definition) is 1. The van der Waals surface area contributed by atoms with Gasteiger partial charge in [0, 0.05) is 23.8 Å². The maximum absolute atomic E-state index is 5.85. The normalized spacial score (nSPS) is 14.3. The van der Waals surface area contributed by atoms with Crippen molar-refractivity contribution in [3.05, 3.63) is 59.2 Å². The zero-order chi connectivity index (χ0) is 13.2. The molecule has 0 saturated carbocycles. The lowest BCUT2D eigenvalue weighted by atomic mass is 9.99. The monoisotopic (exact) mass is 271 g/mol. The van der Waals surface area contributed by atoms with Crippen LogP contribution >= 0.6 is 11.6 Å². The lowest BCUT2D eigenvalue weighted by molar-refractivity contribution is 0.766. The Morgan fingerprint density at radius 2 is 1.89 bits per heavy atom. The molecule has 0 bridgehead atoms. The Morgan fingerprint density at radius 3 is 2.63 bits per heavy atom. The van der Waals surface area contributed by atoms with Crippen LogP contribution in [0.5, 0.6) is 0 Å². The number of benzene rings is 2. The number of aryl methyl sites for hydroxylation is 2. The van der Waals surface area contributed by atoms with E-state index in [0.717, 1.165) is 6.54 Å². The van der Waals surface area contributed by atoms with Crippen LogP contribution in [0.1, 0.15) is 23.1 Å². The predicted octanol–water partition coefficient (Wildman–Crippen LogP) is 4.82. The molecule has 0 aliphatic carbocycles. The van der Waals surface area contributed by atoms with Crippen molar-refractivity contribution in [2.24, 2.45) is 0 Å². The van der Waals surface area contributed by atoms with Gasteiger partial charge in [0.05, 0.1) is 0 Å². The maximum atomic E-state index is 5.85. The fraction of sp³-hybridized carbons (Fsp3) is 0.294. The second-order valence-electron chi connectivity index (χ2n) is 5.19. The average molecular weight is 272 g/mol. The number of alkyl halides is 1. The zero-order valence-electron chi connectivity index (χ0n) is 11.2. The summed E-state index contributed by atoms with van der Waals surface area (Å²) in [6.07, 6.45) is 2.40. The van der Waals surface area contributed by atoms with E-state index in [0.29, 0.717) is 5.88 Å². The van der Waals surface area contributed by atoms with E-state index in [-0.39, 0.29) is 0 Å². The Labute approximate surface area is 119 Å². The Bertz CT molecular complexity index is 574. The summed E-state index contributed by atoms with van der Waals surface area (Å²) in [6.45, 7) is 3.25. The van der Waals surface area contributed by atoms with Gasteiger partial charge in [-0.05, 0) is 49.1 Å². The summed E-state index contributed by atoms with van der Waals surface area (Å²) in [5.74, 6) is 0.579. The Kier molecular flexibility index (Phi) is 3.48. The van der Waals surface area contributed by atoms with E-state index in [1.165, 1.54) is 40.9 Å². The molecule has 2 aromatic carbocycles. The van der Waals surface area contributed by atoms with Gasteiger partial charge in [0.15, 0.2) is 0 Å². The van der Waals surface area contributed by atoms with Crippen LogP contribution in [-0.2, 0) is 12.3 Å². The van der Waals surface area contributed by atoms with Crippen LogP contribution in [0.25, 0.3) is 0 Å². The third-order valence-electron chi connectivity index (χ3n) is 3.76. The van der Waals surface area contributed by atoms with Crippen molar-refractivity contribution >= 4 is 23.0 Å².